The van der Waals surface area contributed by atoms with Crippen molar-refractivity contribution in [3.63, 3.8) is 0 Å². The molecule has 14 heavy (non-hydrogen) atoms. The van der Waals surface area contributed by atoms with Gasteiger partial charge in [-0.15, -0.1) is 11.6 Å². The van der Waals surface area contributed by atoms with Gasteiger partial charge in [0.15, 0.2) is 0 Å². The van der Waals surface area contributed by atoms with Crippen LogP contribution in [0.4, 0.5) is 10.1 Å². The Morgan fingerprint density at radius 2 is 2.29 bits per heavy atom. The van der Waals surface area contributed by atoms with Crippen molar-refractivity contribution in [1.29, 1.82) is 0 Å². The highest BCUT2D eigenvalue weighted by molar-refractivity contribution is 14.1. The van der Waals surface area contributed by atoms with Crippen LogP contribution in [0.15, 0.2) is 21.6 Å². The van der Waals surface area contributed by atoms with Crippen molar-refractivity contribution in [3.05, 3.63) is 26.0 Å². The van der Waals surface area contributed by atoms with E-state index in [1.54, 1.807) is 0 Å². The van der Waals surface area contributed by atoms with Gasteiger partial charge in [0, 0.05) is 10.5 Å². The van der Waals surface area contributed by atoms with Crippen molar-refractivity contribution in [3.8, 4) is 0 Å². The van der Waals surface area contributed by atoms with E-state index in [0.717, 1.165) is 3.57 Å². The first kappa shape index (κ1) is 12.2. The van der Waals surface area contributed by atoms with Gasteiger partial charge >= 0.3 is 0 Å². The summed E-state index contributed by atoms with van der Waals surface area (Å²) in [5, 5.41) is 0. The van der Waals surface area contributed by atoms with Crippen LogP contribution in [0.1, 0.15) is 0 Å². The molecule has 0 aliphatic rings. The molecule has 1 aromatic carbocycles. The van der Waals surface area contributed by atoms with E-state index in [1.165, 1.54) is 12.1 Å². The summed E-state index contributed by atoms with van der Waals surface area (Å²) < 4.78 is 14.4. The molecule has 76 valence electrons. The van der Waals surface area contributed by atoms with E-state index in [-0.39, 0.29) is 17.5 Å². The van der Waals surface area contributed by atoms with Gasteiger partial charge in [-0.2, -0.15) is 0 Å². The lowest BCUT2D eigenvalue weighted by molar-refractivity contribution is 0.627. The molecule has 2 nitrogen and oxygen atoms in total. The smallest absolute Gasteiger partial charge is 0.126 e. The number of nitrogens with two attached hydrogens (primary N) is 1. The highest BCUT2D eigenvalue weighted by Crippen LogP contribution is 2.30. The first-order valence-corrected chi connectivity index (χ1v) is 5.98. The predicted octanol–water partition coefficient (Wildman–Crippen LogP) is 3.42. The third-order valence-corrected chi connectivity index (χ3v) is 4.15. The maximum atomic E-state index is 13.0. The molecule has 0 aromatic heterocycles. The first-order valence-electron chi connectivity index (χ1n) is 3.58. The zero-order valence-corrected chi connectivity index (χ0v) is 11.4. The van der Waals surface area contributed by atoms with Crippen LogP contribution >= 0.6 is 50.1 Å². The van der Waals surface area contributed by atoms with E-state index >= 15 is 0 Å². The van der Waals surface area contributed by atoms with Gasteiger partial charge in [-0.05, 0) is 44.6 Å². The SMILES string of the molecule is NC(CCl)=Nc1cc(F)cc(Br)c1I. The molecule has 0 saturated carbocycles. The van der Waals surface area contributed by atoms with E-state index in [4.69, 9.17) is 17.3 Å². The number of rotatable bonds is 2. The number of aliphatic imine (C=N–C) groups is 1. The van der Waals surface area contributed by atoms with Crippen LogP contribution in [-0.4, -0.2) is 11.7 Å². The third-order valence-electron chi connectivity index (χ3n) is 1.37. The summed E-state index contributed by atoms with van der Waals surface area (Å²) in [6.07, 6.45) is 0. The van der Waals surface area contributed by atoms with Gasteiger partial charge in [0.2, 0.25) is 0 Å². The largest absolute Gasteiger partial charge is 0.386 e. The molecule has 0 aliphatic carbocycles. The zero-order chi connectivity index (χ0) is 10.7. The molecule has 0 saturated heterocycles. The summed E-state index contributed by atoms with van der Waals surface area (Å²) in [4.78, 5) is 3.98. The standard InChI is InChI=1S/C8H6BrClFIN2/c9-5-1-4(11)2-6(8(5)12)14-7(13)3-10/h1-2H,3H2,(H2,13,14). The highest BCUT2D eigenvalue weighted by atomic mass is 127. The number of halogens is 4. The van der Waals surface area contributed by atoms with Crippen LogP contribution < -0.4 is 5.73 Å². The predicted molar refractivity (Wildman–Crippen MR) is 68.8 cm³/mol. The van der Waals surface area contributed by atoms with Gasteiger partial charge in [0.05, 0.1) is 15.1 Å². The lowest BCUT2D eigenvalue weighted by Gasteiger charge is -2.02. The molecule has 0 radical (unpaired) electrons. The number of alkyl halides is 1. The summed E-state index contributed by atoms with van der Waals surface area (Å²) >= 11 is 10.7. The van der Waals surface area contributed by atoms with Crippen molar-refractivity contribution < 1.29 is 4.39 Å². The fourth-order valence-electron chi connectivity index (χ4n) is 0.808. The second-order valence-corrected chi connectivity index (χ2v) is 4.66. The average Bonchev–Trinajstić information content (AvgIpc) is 2.13. The van der Waals surface area contributed by atoms with Crippen molar-refractivity contribution in [2.45, 2.75) is 0 Å². The second-order valence-electron chi connectivity index (χ2n) is 2.46. The van der Waals surface area contributed by atoms with Crippen LogP contribution in [0, 0.1) is 9.39 Å². The van der Waals surface area contributed by atoms with Gasteiger partial charge in [-0.25, -0.2) is 9.38 Å². The molecular weight excluding hydrogens is 385 g/mol. The van der Waals surface area contributed by atoms with Crippen molar-refractivity contribution in [1.82, 2.24) is 0 Å². The molecule has 0 bridgehead atoms. The van der Waals surface area contributed by atoms with Crippen molar-refractivity contribution >= 4 is 61.6 Å². The van der Waals surface area contributed by atoms with E-state index in [0.29, 0.717) is 10.2 Å². The minimum absolute atomic E-state index is 0.129. The van der Waals surface area contributed by atoms with Crippen LogP contribution in [-0.2, 0) is 0 Å². The molecule has 0 aliphatic heterocycles. The normalized spacial score (nSPS) is 11.9. The Morgan fingerprint density at radius 1 is 1.64 bits per heavy atom. The molecule has 0 unspecified atom stereocenters. The van der Waals surface area contributed by atoms with Gasteiger partial charge < -0.3 is 5.73 Å². The average molecular weight is 391 g/mol. The summed E-state index contributed by atoms with van der Waals surface area (Å²) in [7, 11) is 0. The Labute approximate surface area is 108 Å². The molecule has 1 aromatic rings. The lowest BCUT2D eigenvalue weighted by atomic mass is 10.3. The molecule has 2 N–H and O–H groups in total. The molecular formula is C8H6BrClFIN2. The number of benzene rings is 1. The maximum absolute atomic E-state index is 13.0. The van der Waals surface area contributed by atoms with Gasteiger partial charge in [0.1, 0.15) is 11.7 Å². The minimum atomic E-state index is -0.363. The van der Waals surface area contributed by atoms with Crippen molar-refractivity contribution in [2.75, 3.05) is 5.88 Å². The zero-order valence-electron chi connectivity index (χ0n) is 6.90. The van der Waals surface area contributed by atoms with Gasteiger partial charge in [-0.1, -0.05) is 0 Å². The summed E-state index contributed by atoms with van der Waals surface area (Å²) in [6.45, 7) is 0. The Bertz CT molecular complexity index is 384. The van der Waals surface area contributed by atoms with Gasteiger partial charge in [0.25, 0.3) is 0 Å². The molecule has 0 spiro atoms. The molecule has 0 atom stereocenters. The molecule has 0 heterocycles. The summed E-state index contributed by atoms with van der Waals surface area (Å²) in [6, 6.07) is 2.68. The Hall–Kier alpha value is 0.120. The molecule has 6 heteroatoms. The topological polar surface area (TPSA) is 38.4 Å². The Balaban J connectivity index is 3.21. The van der Waals surface area contributed by atoms with Crippen LogP contribution in [0.2, 0.25) is 0 Å². The van der Waals surface area contributed by atoms with Crippen molar-refractivity contribution in [2.24, 2.45) is 10.7 Å². The summed E-state index contributed by atoms with van der Waals surface area (Å²) in [5.74, 6) is 0.0324. The fraction of sp³-hybridized carbons (Fsp3) is 0.125. The van der Waals surface area contributed by atoms with E-state index < -0.39 is 0 Å². The highest BCUT2D eigenvalue weighted by Gasteiger charge is 2.06. The number of hydrogen-bond donors (Lipinski definition) is 1. The number of hydrogen-bond acceptors (Lipinski definition) is 1. The van der Waals surface area contributed by atoms with Gasteiger partial charge in [-0.3, -0.25) is 0 Å². The van der Waals surface area contributed by atoms with Crippen LogP contribution in [0.25, 0.3) is 0 Å². The third kappa shape index (κ3) is 3.06. The minimum Gasteiger partial charge on any atom is -0.386 e. The molecule has 0 amide bonds. The van der Waals surface area contributed by atoms with Crippen LogP contribution in [0.3, 0.4) is 0 Å². The fourth-order valence-corrected chi connectivity index (χ4v) is 1.72. The summed E-state index contributed by atoms with van der Waals surface area (Å²) in [5.41, 5.74) is 5.93. The van der Waals surface area contributed by atoms with Crippen LogP contribution in [0.5, 0.6) is 0 Å². The second kappa shape index (κ2) is 5.27. The maximum Gasteiger partial charge on any atom is 0.126 e. The quantitative estimate of drug-likeness (QED) is 0.271. The molecule has 1 rings (SSSR count). The Morgan fingerprint density at radius 3 is 2.86 bits per heavy atom. The number of nitrogens with zero attached hydrogens (tertiary/aromatic N) is 1. The van der Waals surface area contributed by atoms with E-state index in [1.807, 2.05) is 0 Å². The monoisotopic (exact) mass is 390 g/mol. The number of amidine groups is 1. The molecule has 0 fully saturated rings. The van der Waals surface area contributed by atoms with E-state index in [2.05, 4.69) is 43.5 Å². The Kier molecular flexibility index (Phi) is 4.59. The lowest BCUT2D eigenvalue weighted by Crippen LogP contribution is -2.12. The first-order chi connectivity index (χ1) is 6.54. The van der Waals surface area contributed by atoms with E-state index in [9.17, 15) is 4.39 Å².